The average Bonchev–Trinajstić information content (AvgIpc) is 3.06. The lowest BCUT2D eigenvalue weighted by Gasteiger charge is -2.04. The number of carbonyl (C=O) groups excluding carboxylic acids is 2. The highest BCUT2D eigenvalue weighted by molar-refractivity contribution is 7.20. The number of hydrogen-bond acceptors (Lipinski definition) is 4. The number of anilines is 1. The van der Waals surface area contributed by atoms with Crippen molar-refractivity contribution < 1.29 is 9.59 Å². The van der Waals surface area contributed by atoms with E-state index >= 15 is 0 Å². The molecule has 2 aromatic carbocycles. The van der Waals surface area contributed by atoms with E-state index in [0.29, 0.717) is 16.1 Å². The second kappa shape index (κ2) is 6.99. The van der Waals surface area contributed by atoms with Gasteiger partial charge >= 0.3 is 0 Å². The van der Waals surface area contributed by atoms with Crippen LogP contribution in [0.4, 0.5) is 5.00 Å². The molecule has 0 bridgehead atoms. The Morgan fingerprint density at radius 3 is 2.32 bits per heavy atom. The van der Waals surface area contributed by atoms with Crippen molar-refractivity contribution in [1.29, 1.82) is 5.26 Å². The summed E-state index contributed by atoms with van der Waals surface area (Å²) in [5.74, 6) is -0.970. The Labute approximate surface area is 148 Å². The van der Waals surface area contributed by atoms with Crippen molar-refractivity contribution in [2.75, 3.05) is 5.32 Å². The molecule has 3 aromatic rings. The van der Waals surface area contributed by atoms with E-state index in [1.54, 1.807) is 30.3 Å². The monoisotopic (exact) mass is 347 g/mol. The maximum atomic E-state index is 12.4. The zero-order valence-electron chi connectivity index (χ0n) is 13.0. The quantitative estimate of drug-likeness (QED) is 0.754. The molecular formula is C19H13N3O2S. The van der Waals surface area contributed by atoms with Crippen LogP contribution in [0.2, 0.25) is 0 Å². The molecule has 0 atom stereocenters. The lowest BCUT2D eigenvalue weighted by Crippen LogP contribution is -2.16. The molecule has 0 spiro atoms. The third-order valence-electron chi connectivity index (χ3n) is 3.56. The molecular weight excluding hydrogens is 334 g/mol. The van der Waals surface area contributed by atoms with Crippen LogP contribution in [0, 0.1) is 11.3 Å². The molecule has 25 heavy (non-hydrogen) atoms. The Hall–Kier alpha value is -3.43. The van der Waals surface area contributed by atoms with Crippen LogP contribution in [0.5, 0.6) is 0 Å². The van der Waals surface area contributed by atoms with Crippen molar-refractivity contribution in [1.82, 2.24) is 0 Å². The minimum Gasteiger partial charge on any atom is -0.366 e. The minimum atomic E-state index is -0.603. The predicted molar refractivity (Wildman–Crippen MR) is 97.4 cm³/mol. The van der Waals surface area contributed by atoms with Crippen LogP contribution in [-0.4, -0.2) is 11.8 Å². The van der Waals surface area contributed by atoms with Crippen LogP contribution in [0.25, 0.3) is 10.4 Å². The molecule has 2 amide bonds. The predicted octanol–water partition coefficient (Wildman–Crippen LogP) is 3.64. The van der Waals surface area contributed by atoms with Gasteiger partial charge in [-0.2, -0.15) is 5.26 Å². The smallest absolute Gasteiger partial charge is 0.256 e. The molecule has 0 aliphatic carbocycles. The van der Waals surface area contributed by atoms with E-state index in [2.05, 4.69) is 5.32 Å². The average molecular weight is 347 g/mol. The standard InChI is InChI=1S/C19H13N3O2S/c20-11-12-6-8-14(9-7-12)18(24)22-19-15(17(21)23)10-16(25-19)13-4-2-1-3-5-13/h1-10H,(H2,21,23)(H,22,24). The van der Waals surface area contributed by atoms with Gasteiger partial charge in [-0.3, -0.25) is 9.59 Å². The summed E-state index contributed by atoms with van der Waals surface area (Å²) >= 11 is 1.29. The summed E-state index contributed by atoms with van der Waals surface area (Å²) in [6.07, 6.45) is 0. The van der Waals surface area contributed by atoms with E-state index in [4.69, 9.17) is 11.0 Å². The lowest BCUT2D eigenvalue weighted by molar-refractivity contribution is 0.100. The number of primary amides is 1. The number of rotatable bonds is 4. The highest BCUT2D eigenvalue weighted by atomic mass is 32.1. The first kappa shape index (κ1) is 16.4. The molecule has 1 heterocycles. The molecule has 0 saturated heterocycles. The highest BCUT2D eigenvalue weighted by Gasteiger charge is 2.17. The third-order valence-corrected chi connectivity index (χ3v) is 4.66. The van der Waals surface area contributed by atoms with Gasteiger partial charge in [-0.15, -0.1) is 11.3 Å². The molecule has 122 valence electrons. The second-order valence-electron chi connectivity index (χ2n) is 5.23. The molecule has 0 aliphatic rings. The second-order valence-corrected chi connectivity index (χ2v) is 6.28. The van der Waals surface area contributed by atoms with Crippen molar-refractivity contribution in [3.63, 3.8) is 0 Å². The van der Waals surface area contributed by atoms with E-state index in [-0.39, 0.29) is 11.5 Å². The maximum Gasteiger partial charge on any atom is 0.256 e. The van der Waals surface area contributed by atoms with Gasteiger partial charge in [-0.1, -0.05) is 30.3 Å². The van der Waals surface area contributed by atoms with E-state index in [9.17, 15) is 9.59 Å². The van der Waals surface area contributed by atoms with Crippen LogP contribution in [0.3, 0.4) is 0 Å². The molecule has 0 fully saturated rings. The lowest BCUT2D eigenvalue weighted by atomic mass is 10.1. The number of carbonyl (C=O) groups is 2. The van der Waals surface area contributed by atoms with Crippen LogP contribution in [0.15, 0.2) is 60.7 Å². The topological polar surface area (TPSA) is 96.0 Å². The van der Waals surface area contributed by atoms with Crippen molar-refractivity contribution in [3.8, 4) is 16.5 Å². The molecule has 3 rings (SSSR count). The van der Waals surface area contributed by atoms with E-state index in [0.717, 1.165) is 10.4 Å². The molecule has 0 radical (unpaired) electrons. The molecule has 3 N–H and O–H groups in total. The highest BCUT2D eigenvalue weighted by Crippen LogP contribution is 2.35. The fourth-order valence-electron chi connectivity index (χ4n) is 2.28. The Kier molecular flexibility index (Phi) is 4.59. The van der Waals surface area contributed by atoms with Gasteiger partial charge in [0, 0.05) is 10.4 Å². The normalized spacial score (nSPS) is 10.0. The van der Waals surface area contributed by atoms with Gasteiger partial charge in [0.2, 0.25) is 0 Å². The SMILES string of the molecule is N#Cc1ccc(C(=O)Nc2sc(-c3ccccc3)cc2C(N)=O)cc1. The van der Waals surface area contributed by atoms with Gasteiger partial charge in [0.05, 0.1) is 17.2 Å². The number of benzene rings is 2. The number of amides is 2. The summed E-state index contributed by atoms with van der Waals surface area (Å²) in [5.41, 5.74) is 7.51. The van der Waals surface area contributed by atoms with E-state index in [1.165, 1.54) is 11.3 Å². The van der Waals surface area contributed by atoms with Gasteiger partial charge in [0.25, 0.3) is 11.8 Å². The molecule has 6 heteroatoms. The number of nitrogens with two attached hydrogens (primary N) is 1. The van der Waals surface area contributed by atoms with E-state index in [1.807, 2.05) is 36.4 Å². The van der Waals surface area contributed by atoms with Gasteiger partial charge in [0.15, 0.2) is 0 Å². The summed E-state index contributed by atoms with van der Waals surface area (Å²) in [7, 11) is 0. The van der Waals surface area contributed by atoms with Gasteiger partial charge in [-0.05, 0) is 35.9 Å². The van der Waals surface area contributed by atoms with Crippen LogP contribution in [-0.2, 0) is 0 Å². The zero-order valence-corrected chi connectivity index (χ0v) is 13.8. The van der Waals surface area contributed by atoms with Gasteiger partial charge in [-0.25, -0.2) is 0 Å². The summed E-state index contributed by atoms with van der Waals surface area (Å²) in [6.45, 7) is 0. The molecule has 0 aliphatic heterocycles. The summed E-state index contributed by atoms with van der Waals surface area (Å²) in [6, 6.07) is 19.5. The molecule has 1 aromatic heterocycles. The molecule has 0 saturated carbocycles. The minimum absolute atomic E-state index is 0.269. The molecule has 5 nitrogen and oxygen atoms in total. The largest absolute Gasteiger partial charge is 0.366 e. The summed E-state index contributed by atoms with van der Waals surface area (Å²) < 4.78 is 0. The number of hydrogen-bond donors (Lipinski definition) is 2. The number of nitriles is 1. The van der Waals surface area contributed by atoms with Gasteiger partial charge < -0.3 is 11.1 Å². The van der Waals surface area contributed by atoms with Crippen LogP contribution >= 0.6 is 11.3 Å². The van der Waals surface area contributed by atoms with Crippen molar-refractivity contribution >= 4 is 28.2 Å². The van der Waals surface area contributed by atoms with Crippen molar-refractivity contribution in [3.05, 3.63) is 77.4 Å². The molecule has 0 unspecified atom stereocenters. The fraction of sp³-hybridized carbons (Fsp3) is 0. The number of thiophene rings is 1. The summed E-state index contributed by atoms with van der Waals surface area (Å²) in [4.78, 5) is 24.9. The van der Waals surface area contributed by atoms with E-state index < -0.39 is 5.91 Å². The first-order valence-electron chi connectivity index (χ1n) is 7.39. The van der Waals surface area contributed by atoms with Crippen molar-refractivity contribution in [2.24, 2.45) is 5.73 Å². The Balaban J connectivity index is 1.90. The van der Waals surface area contributed by atoms with Crippen LogP contribution in [0.1, 0.15) is 26.3 Å². The maximum absolute atomic E-state index is 12.4. The van der Waals surface area contributed by atoms with Gasteiger partial charge in [0.1, 0.15) is 5.00 Å². The van der Waals surface area contributed by atoms with Crippen molar-refractivity contribution in [2.45, 2.75) is 0 Å². The van der Waals surface area contributed by atoms with Crippen LogP contribution < -0.4 is 11.1 Å². The number of nitrogens with one attached hydrogen (secondary N) is 1. The first-order valence-corrected chi connectivity index (χ1v) is 8.20. The zero-order chi connectivity index (χ0) is 17.8. The summed E-state index contributed by atoms with van der Waals surface area (Å²) in [5, 5.41) is 11.9. The Morgan fingerprint density at radius 2 is 1.72 bits per heavy atom. The Morgan fingerprint density at radius 1 is 1.04 bits per heavy atom. The first-order chi connectivity index (χ1) is 12.1. The fourth-order valence-corrected chi connectivity index (χ4v) is 3.35. The Bertz CT molecular complexity index is 970. The third kappa shape index (κ3) is 3.57. The number of nitrogens with zero attached hydrogens (tertiary/aromatic N) is 1.